The molecule has 0 atom stereocenters. The lowest BCUT2D eigenvalue weighted by Gasteiger charge is -2.08. The Kier molecular flexibility index (Phi) is 4.24. The average molecular weight is 267 g/mol. The maximum absolute atomic E-state index is 6.01. The second kappa shape index (κ2) is 5.89. The van der Waals surface area contributed by atoms with Crippen LogP contribution in [0, 0.1) is 0 Å². The van der Waals surface area contributed by atoms with Gasteiger partial charge in [-0.05, 0) is 30.2 Å². The summed E-state index contributed by atoms with van der Waals surface area (Å²) < 4.78 is 0. The Labute approximate surface area is 111 Å². The van der Waals surface area contributed by atoms with Gasteiger partial charge in [-0.25, -0.2) is 0 Å². The van der Waals surface area contributed by atoms with Gasteiger partial charge in [0.25, 0.3) is 0 Å². The molecule has 4 heteroatoms. The number of aromatic nitrogens is 1. The fourth-order valence-electron chi connectivity index (χ4n) is 1.50. The van der Waals surface area contributed by atoms with Crippen molar-refractivity contribution >= 4 is 34.6 Å². The summed E-state index contributed by atoms with van der Waals surface area (Å²) in [5, 5.41) is 3.85. The summed E-state index contributed by atoms with van der Waals surface area (Å²) in [6.45, 7) is 0. The van der Waals surface area contributed by atoms with Gasteiger partial charge >= 0.3 is 0 Å². The smallest absolute Gasteiger partial charge is 0.0824 e. The van der Waals surface area contributed by atoms with Crippen molar-refractivity contribution in [3.63, 3.8) is 0 Å². The topological polar surface area (TPSA) is 24.9 Å². The Morgan fingerprint density at radius 2 is 1.88 bits per heavy atom. The molecule has 2 aromatic rings. The van der Waals surface area contributed by atoms with Crippen molar-refractivity contribution in [1.29, 1.82) is 0 Å². The minimum Gasteiger partial charge on any atom is -0.354 e. The molecule has 1 N–H and O–H groups in total. The molecular weight excluding hydrogens is 255 g/mol. The molecule has 0 aliphatic heterocycles. The van der Waals surface area contributed by atoms with Crippen LogP contribution in [-0.2, 0) is 6.42 Å². The number of alkyl halides is 1. The summed E-state index contributed by atoms with van der Waals surface area (Å²) >= 11 is 11.7. The molecule has 0 amide bonds. The van der Waals surface area contributed by atoms with Crippen molar-refractivity contribution in [3.8, 4) is 0 Å². The molecule has 1 heterocycles. The molecule has 88 valence electrons. The zero-order valence-electron chi connectivity index (χ0n) is 9.16. The molecule has 1 aromatic heterocycles. The van der Waals surface area contributed by atoms with Crippen LogP contribution in [0.2, 0.25) is 5.02 Å². The predicted molar refractivity (Wildman–Crippen MR) is 73.4 cm³/mol. The van der Waals surface area contributed by atoms with Gasteiger partial charge in [0.2, 0.25) is 0 Å². The van der Waals surface area contributed by atoms with Crippen molar-refractivity contribution in [2.24, 2.45) is 0 Å². The number of rotatable bonds is 4. The Morgan fingerprint density at radius 1 is 1.12 bits per heavy atom. The van der Waals surface area contributed by atoms with Crippen molar-refractivity contribution in [2.45, 2.75) is 6.42 Å². The summed E-state index contributed by atoms with van der Waals surface area (Å²) in [5.74, 6) is 0.642. The van der Waals surface area contributed by atoms with Gasteiger partial charge < -0.3 is 5.32 Å². The van der Waals surface area contributed by atoms with Crippen molar-refractivity contribution < 1.29 is 0 Å². The lowest BCUT2D eigenvalue weighted by Crippen LogP contribution is -1.92. The Hall–Kier alpha value is -1.25. The number of nitrogens with one attached hydrogen (secondary N) is 1. The first kappa shape index (κ1) is 12.2. The Morgan fingerprint density at radius 3 is 2.53 bits per heavy atom. The van der Waals surface area contributed by atoms with Crippen LogP contribution in [0.4, 0.5) is 11.4 Å². The maximum atomic E-state index is 6.01. The van der Waals surface area contributed by atoms with Crippen LogP contribution >= 0.6 is 23.2 Å². The molecule has 0 fully saturated rings. The summed E-state index contributed by atoms with van der Waals surface area (Å²) in [4.78, 5) is 3.94. The maximum Gasteiger partial charge on any atom is 0.0824 e. The van der Waals surface area contributed by atoms with Crippen LogP contribution in [0.25, 0.3) is 0 Å². The predicted octanol–water partition coefficient (Wildman–Crippen LogP) is 4.26. The van der Waals surface area contributed by atoms with Gasteiger partial charge in [-0.1, -0.05) is 23.7 Å². The van der Waals surface area contributed by atoms with E-state index in [0.717, 1.165) is 17.8 Å². The van der Waals surface area contributed by atoms with Gasteiger partial charge in [0.1, 0.15) is 0 Å². The standard InChI is InChI=1S/C13H12Cl2N2/c14-7-5-10-1-3-11(4-2-10)17-13-6-8-16-9-12(13)15/h1-4,6,8-9H,5,7H2,(H,16,17). The number of halogens is 2. The second-order valence-electron chi connectivity index (χ2n) is 3.62. The average Bonchev–Trinajstić information content (AvgIpc) is 2.35. The van der Waals surface area contributed by atoms with Crippen molar-refractivity contribution in [2.75, 3.05) is 11.2 Å². The van der Waals surface area contributed by atoms with E-state index in [-0.39, 0.29) is 0 Å². The number of benzene rings is 1. The highest BCUT2D eigenvalue weighted by Crippen LogP contribution is 2.24. The van der Waals surface area contributed by atoms with E-state index < -0.39 is 0 Å². The lowest BCUT2D eigenvalue weighted by molar-refractivity contribution is 1.15. The van der Waals surface area contributed by atoms with E-state index in [2.05, 4.69) is 22.4 Å². The van der Waals surface area contributed by atoms with Gasteiger partial charge in [-0.15, -0.1) is 11.6 Å². The number of aryl methyl sites for hydroxylation is 1. The van der Waals surface area contributed by atoms with Crippen LogP contribution in [0.1, 0.15) is 5.56 Å². The number of anilines is 2. The number of hydrogen-bond donors (Lipinski definition) is 1. The third-order valence-corrected chi connectivity index (χ3v) is 2.88. The fraction of sp³-hybridized carbons (Fsp3) is 0.154. The molecule has 0 aliphatic carbocycles. The van der Waals surface area contributed by atoms with E-state index in [9.17, 15) is 0 Å². The number of pyridine rings is 1. The Bertz CT molecular complexity index is 483. The van der Waals surface area contributed by atoms with Crippen molar-refractivity contribution in [1.82, 2.24) is 4.98 Å². The molecule has 2 nitrogen and oxygen atoms in total. The zero-order valence-corrected chi connectivity index (χ0v) is 10.7. The molecule has 0 unspecified atom stereocenters. The Balaban J connectivity index is 2.11. The highest BCUT2D eigenvalue weighted by atomic mass is 35.5. The molecule has 0 bridgehead atoms. The molecule has 0 spiro atoms. The van der Waals surface area contributed by atoms with Gasteiger partial charge in [-0.3, -0.25) is 4.98 Å². The van der Waals surface area contributed by atoms with Gasteiger partial charge in [-0.2, -0.15) is 0 Å². The quantitative estimate of drug-likeness (QED) is 0.837. The first-order chi connectivity index (χ1) is 8.29. The zero-order chi connectivity index (χ0) is 12.1. The SMILES string of the molecule is ClCCc1ccc(Nc2ccncc2Cl)cc1. The first-order valence-electron chi connectivity index (χ1n) is 5.31. The molecule has 0 radical (unpaired) electrons. The molecule has 0 aliphatic rings. The summed E-state index contributed by atoms with van der Waals surface area (Å²) in [6.07, 6.45) is 4.21. The molecule has 1 aromatic carbocycles. The molecule has 17 heavy (non-hydrogen) atoms. The highest BCUT2D eigenvalue weighted by molar-refractivity contribution is 6.33. The van der Waals surface area contributed by atoms with Crippen molar-refractivity contribution in [3.05, 3.63) is 53.3 Å². The van der Waals surface area contributed by atoms with Crippen LogP contribution in [0.3, 0.4) is 0 Å². The van der Waals surface area contributed by atoms with Crippen LogP contribution < -0.4 is 5.32 Å². The van der Waals surface area contributed by atoms with Gasteiger partial charge in [0.05, 0.1) is 10.7 Å². The van der Waals surface area contributed by atoms with Crippen LogP contribution in [0.15, 0.2) is 42.7 Å². The number of nitrogens with zero attached hydrogens (tertiary/aromatic N) is 1. The first-order valence-corrected chi connectivity index (χ1v) is 6.22. The molecule has 0 saturated heterocycles. The summed E-state index contributed by atoms with van der Waals surface area (Å²) in [7, 11) is 0. The monoisotopic (exact) mass is 266 g/mol. The van der Waals surface area contributed by atoms with E-state index in [1.54, 1.807) is 12.4 Å². The van der Waals surface area contributed by atoms with E-state index in [0.29, 0.717) is 10.9 Å². The van der Waals surface area contributed by atoms with Gasteiger partial charge in [0, 0.05) is 24.0 Å². The lowest BCUT2D eigenvalue weighted by atomic mass is 10.1. The summed E-state index contributed by atoms with van der Waals surface area (Å²) in [5.41, 5.74) is 3.08. The van der Waals surface area contributed by atoms with E-state index >= 15 is 0 Å². The fourth-order valence-corrected chi connectivity index (χ4v) is 1.88. The molecule has 2 rings (SSSR count). The third-order valence-electron chi connectivity index (χ3n) is 2.39. The minimum atomic E-state index is 0.609. The molecule has 0 saturated carbocycles. The largest absolute Gasteiger partial charge is 0.354 e. The molecular formula is C13H12Cl2N2. The summed E-state index contributed by atoms with van der Waals surface area (Å²) in [6, 6.07) is 9.98. The minimum absolute atomic E-state index is 0.609. The highest BCUT2D eigenvalue weighted by Gasteiger charge is 2.00. The second-order valence-corrected chi connectivity index (χ2v) is 4.40. The van der Waals surface area contributed by atoms with E-state index in [1.807, 2.05) is 18.2 Å². The van der Waals surface area contributed by atoms with E-state index in [1.165, 1.54) is 5.56 Å². The third kappa shape index (κ3) is 3.35. The normalized spacial score (nSPS) is 10.2. The van der Waals surface area contributed by atoms with Crippen LogP contribution in [0.5, 0.6) is 0 Å². The van der Waals surface area contributed by atoms with Crippen LogP contribution in [-0.4, -0.2) is 10.9 Å². The van der Waals surface area contributed by atoms with E-state index in [4.69, 9.17) is 23.2 Å². The van der Waals surface area contributed by atoms with Gasteiger partial charge in [0.15, 0.2) is 0 Å². The number of hydrogen-bond acceptors (Lipinski definition) is 2.